The standard InChI is InChI=1S/C21H17Cl2NO4/c1-12(2)27-21(26)13-6-8-14(9-7-13)24-20(25)18-11-10-17(28-18)15-4-3-5-16(22)19(15)23/h3-12H,1-2H3,(H,24,25). The van der Waals surface area contributed by atoms with Gasteiger partial charge in [0, 0.05) is 11.3 Å². The van der Waals surface area contributed by atoms with Gasteiger partial charge in [-0.2, -0.15) is 0 Å². The van der Waals surface area contributed by atoms with E-state index in [0.29, 0.717) is 32.6 Å². The summed E-state index contributed by atoms with van der Waals surface area (Å²) >= 11 is 12.2. The molecule has 1 aromatic heterocycles. The third kappa shape index (κ3) is 4.55. The topological polar surface area (TPSA) is 68.5 Å². The molecule has 1 heterocycles. The number of rotatable bonds is 5. The van der Waals surface area contributed by atoms with Gasteiger partial charge in [-0.25, -0.2) is 4.79 Å². The minimum absolute atomic E-state index is 0.120. The van der Waals surface area contributed by atoms with Gasteiger partial charge in [0.25, 0.3) is 5.91 Å². The molecule has 3 aromatic rings. The normalized spacial score (nSPS) is 10.8. The summed E-state index contributed by atoms with van der Waals surface area (Å²) in [6.45, 7) is 3.56. The summed E-state index contributed by atoms with van der Waals surface area (Å²) in [4.78, 5) is 24.3. The second-order valence-corrected chi connectivity index (χ2v) is 7.04. The van der Waals surface area contributed by atoms with Crippen molar-refractivity contribution < 1.29 is 18.7 Å². The molecule has 7 heteroatoms. The molecule has 28 heavy (non-hydrogen) atoms. The molecule has 0 aliphatic rings. The first-order chi connectivity index (χ1) is 13.3. The highest BCUT2D eigenvalue weighted by Crippen LogP contribution is 2.34. The Bertz CT molecular complexity index is 1010. The number of furan rings is 1. The zero-order valence-corrected chi connectivity index (χ0v) is 16.7. The van der Waals surface area contributed by atoms with E-state index in [1.165, 1.54) is 0 Å². The average molecular weight is 418 g/mol. The molecule has 0 bridgehead atoms. The summed E-state index contributed by atoms with van der Waals surface area (Å²) in [6, 6.07) is 14.8. The van der Waals surface area contributed by atoms with E-state index in [-0.39, 0.29) is 11.9 Å². The summed E-state index contributed by atoms with van der Waals surface area (Å²) in [5.41, 5.74) is 1.52. The smallest absolute Gasteiger partial charge is 0.338 e. The first-order valence-corrected chi connectivity index (χ1v) is 9.27. The molecule has 0 aliphatic heterocycles. The van der Waals surface area contributed by atoms with Gasteiger partial charge >= 0.3 is 5.97 Å². The van der Waals surface area contributed by atoms with Crippen LogP contribution in [0.2, 0.25) is 10.0 Å². The predicted molar refractivity (Wildman–Crippen MR) is 109 cm³/mol. The van der Waals surface area contributed by atoms with Crippen LogP contribution in [0.4, 0.5) is 5.69 Å². The van der Waals surface area contributed by atoms with Crippen LogP contribution in [0.25, 0.3) is 11.3 Å². The molecule has 1 N–H and O–H groups in total. The molecule has 0 saturated carbocycles. The first kappa shape index (κ1) is 20.0. The highest BCUT2D eigenvalue weighted by molar-refractivity contribution is 6.43. The summed E-state index contributed by atoms with van der Waals surface area (Å²) < 4.78 is 10.7. The molecule has 3 rings (SSSR count). The second-order valence-electron chi connectivity index (χ2n) is 6.25. The zero-order chi connectivity index (χ0) is 20.3. The fourth-order valence-electron chi connectivity index (χ4n) is 2.46. The molecule has 0 fully saturated rings. The molecule has 0 atom stereocenters. The number of ether oxygens (including phenoxy) is 1. The number of hydrogen-bond acceptors (Lipinski definition) is 4. The number of hydrogen-bond donors (Lipinski definition) is 1. The quantitative estimate of drug-likeness (QED) is 0.511. The molecular formula is C21H17Cl2NO4. The van der Waals surface area contributed by atoms with Crippen LogP contribution >= 0.6 is 23.2 Å². The summed E-state index contributed by atoms with van der Waals surface area (Å²) in [5, 5.41) is 3.47. The summed E-state index contributed by atoms with van der Waals surface area (Å²) in [5.74, 6) is -0.289. The van der Waals surface area contributed by atoms with Gasteiger partial charge in [-0.1, -0.05) is 29.3 Å². The molecule has 0 spiro atoms. The Morgan fingerprint density at radius 3 is 2.39 bits per heavy atom. The van der Waals surface area contributed by atoms with E-state index in [0.717, 1.165) is 0 Å². The van der Waals surface area contributed by atoms with Crippen LogP contribution in [0.15, 0.2) is 59.0 Å². The maximum atomic E-state index is 12.4. The minimum Gasteiger partial charge on any atom is -0.459 e. The number of benzene rings is 2. The lowest BCUT2D eigenvalue weighted by Gasteiger charge is -2.08. The molecule has 144 valence electrons. The van der Waals surface area contributed by atoms with Crippen molar-refractivity contribution in [3.8, 4) is 11.3 Å². The molecule has 2 aromatic carbocycles. The minimum atomic E-state index is -0.429. The Morgan fingerprint density at radius 1 is 1.00 bits per heavy atom. The van der Waals surface area contributed by atoms with Crippen LogP contribution < -0.4 is 5.32 Å². The largest absolute Gasteiger partial charge is 0.459 e. The zero-order valence-electron chi connectivity index (χ0n) is 15.2. The predicted octanol–water partition coefficient (Wildman–Crippen LogP) is 6.07. The molecule has 1 amide bonds. The number of esters is 1. The number of halogens is 2. The highest BCUT2D eigenvalue weighted by atomic mass is 35.5. The lowest BCUT2D eigenvalue weighted by Crippen LogP contribution is -2.13. The Morgan fingerprint density at radius 2 is 1.71 bits per heavy atom. The molecular weight excluding hydrogens is 401 g/mol. The van der Waals surface area contributed by atoms with E-state index in [1.807, 2.05) is 0 Å². The fourth-order valence-corrected chi connectivity index (χ4v) is 2.86. The van der Waals surface area contributed by atoms with E-state index in [2.05, 4.69) is 5.32 Å². The van der Waals surface area contributed by atoms with E-state index in [1.54, 1.807) is 68.4 Å². The molecule has 0 aliphatic carbocycles. The van der Waals surface area contributed by atoms with Gasteiger partial charge in [-0.15, -0.1) is 0 Å². The van der Waals surface area contributed by atoms with Gasteiger partial charge in [0.1, 0.15) is 5.76 Å². The lowest BCUT2D eigenvalue weighted by atomic mass is 10.2. The van der Waals surface area contributed by atoms with Crippen LogP contribution in [0, 0.1) is 0 Å². The van der Waals surface area contributed by atoms with Crippen molar-refractivity contribution in [3.63, 3.8) is 0 Å². The maximum Gasteiger partial charge on any atom is 0.338 e. The van der Waals surface area contributed by atoms with Crippen LogP contribution in [-0.2, 0) is 4.74 Å². The van der Waals surface area contributed by atoms with Crippen molar-refractivity contribution in [3.05, 3.63) is 76.0 Å². The van der Waals surface area contributed by atoms with E-state index < -0.39 is 11.9 Å². The van der Waals surface area contributed by atoms with Gasteiger partial charge in [-0.3, -0.25) is 4.79 Å². The monoisotopic (exact) mass is 417 g/mol. The number of amides is 1. The fraction of sp³-hybridized carbons (Fsp3) is 0.143. The number of carbonyl (C=O) groups is 2. The van der Waals surface area contributed by atoms with Gasteiger partial charge in [0.15, 0.2) is 5.76 Å². The Kier molecular flexibility index (Phi) is 6.07. The Hall–Kier alpha value is -2.76. The Balaban J connectivity index is 1.71. The average Bonchev–Trinajstić information content (AvgIpc) is 3.14. The van der Waals surface area contributed by atoms with Gasteiger partial charge in [-0.05, 0) is 62.4 Å². The summed E-state index contributed by atoms with van der Waals surface area (Å²) in [6.07, 6.45) is -0.201. The second kappa shape index (κ2) is 8.50. The molecule has 5 nitrogen and oxygen atoms in total. The number of anilines is 1. The van der Waals surface area contributed by atoms with Crippen molar-refractivity contribution in [2.45, 2.75) is 20.0 Å². The van der Waals surface area contributed by atoms with Crippen LogP contribution in [0.1, 0.15) is 34.8 Å². The SMILES string of the molecule is CC(C)OC(=O)c1ccc(NC(=O)c2ccc(-c3cccc(Cl)c3Cl)o2)cc1. The van der Waals surface area contributed by atoms with Crippen LogP contribution in [-0.4, -0.2) is 18.0 Å². The van der Waals surface area contributed by atoms with Crippen molar-refractivity contribution in [2.24, 2.45) is 0 Å². The van der Waals surface area contributed by atoms with E-state index >= 15 is 0 Å². The van der Waals surface area contributed by atoms with E-state index in [9.17, 15) is 9.59 Å². The third-order valence-electron chi connectivity index (χ3n) is 3.77. The lowest BCUT2D eigenvalue weighted by molar-refractivity contribution is 0.0378. The van der Waals surface area contributed by atoms with Crippen molar-refractivity contribution in [1.29, 1.82) is 0 Å². The molecule has 0 unspecified atom stereocenters. The van der Waals surface area contributed by atoms with Crippen LogP contribution in [0.3, 0.4) is 0 Å². The van der Waals surface area contributed by atoms with E-state index in [4.69, 9.17) is 32.4 Å². The maximum absolute atomic E-state index is 12.4. The number of nitrogens with one attached hydrogen (secondary N) is 1. The molecule has 0 radical (unpaired) electrons. The number of carbonyl (C=O) groups excluding carboxylic acids is 2. The summed E-state index contributed by atoms with van der Waals surface area (Å²) in [7, 11) is 0. The first-order valence-electron chi connectivity index (χ1n) is 8.52. The van der Waals surface area contributed by atoms with Gasteiger partial charge in [0.05, 0.1) is 21.7 Å². The third-order valence-corrected chi connectivity index (χ3v) is 4.59. The van der Waals surface area contributed by atoms with Gasteiger partial charge < -0.3 is 14.5 Å². The van der Waals surface area contributed by atoms with Gasteiger partial charge in [0.2, 0.25) is 0 Å². The van der Waals surface area contributed by atoms with Crippen molar-refractivity contribution >= 4 is 40.8 Å². The van der Waals surface area contributed by atoms with Crippen LogP contribution in [0.5, 0.6) is 0 Å². The Labute approximate surface area is 172 Å². The van der Waals surface area contributed by atoms with Crippen molar-refractivity contribution in [1.82, 2.24) is 0 Å². The van der Waals surface area contributed by atoms with Crippen molar-refractivity contribution in [2.75, 3.05) is 5.32 Å². The molecule has 0 saturated heterocycles. The highest BCUT2D eigenvalue weighted by Gasteiger charge is 2.16.